The highest BCUT2D eigenvalue weighted by Gasteiger charge is 2.22. The van der Waals surface area contributed by atoms with Gasteiger partial charge in [-0.2, -0.15) is 0 Å². The van der Waals surface area contributed by atoms with E-state index >= 15 is 0 Å². The Labute approximate surface area is 190 Å². The van der Waals surface area contributed by atoms with Crippen LogP contribution in [0.4, 0.5) is 0 Å². The normalized spacial score (nSPS) is 13.6. The van der Waals surface area contributed by atoms with Gasteiger partial charge in [-0.15, -0.1) is 0 Å². The van der Waals surface area contributed by atoms with Crippen LogP contribution < -0.4 is 0 Å². The Balaban J connectivity index is 4.72. The zero-order valence-electron chi connectivity index (χ0n) is 21.7. The first-order chi connectivity index (χ1) is 14.5. The van der Waals surface area contributed by atoms with Crippen LogP contribution in [0.3, 0.4) is 0 Å². The van der Waals surface area contributed by atoms with Gasteiger partial charge in [0.1, 0.15) is 0 Å². The van der Waals surface area contributed by atoms with Crippen molar-refractivity contribution in [3.63, 3.8) is 0 Å². The number of carbonyl (C=O) groups is 1. The third-order valence-electron chi connectivity index (χ3n) is 6.46. The van der Waals surface area contributed by atoms with Crippen LogP contribution in [0.15, 0.2) is 0 Å². The predicted octanol–water partition coefficient (Wildman–Crippen LogP) is 7.68. The zero-order valence-corrected chi connectivity index (χ0v) is 21.7. The minimum atomic E-state index is 0.390. The molecule has 0 radical (unpaired) electrons. The fraction of sp³-hybridized carbons (Fsp3) is 0.963. The van der Waals surface area contributed by atoms with Gasteiger partial charge in [0, 0.05) is 19.0 Å². The molecule has 0 aliphatic carbocycles. The molecule has 30 heavy (non-hydrogen) atoms. The average molecular weight is 425 g/mol. The molecule has 0 unspecified atom stereocenters. The van der Waals surface area contributed by atoms with Crippen molar-refractivity contribution in [2.24, 2.45) is 5.92 Å². The highest BCUT2D eigenvalue weighted by Crippen LogP contribution is 2.23. The molecule has 3 heteroatoms. The van der Waals surface area contributed by atoms with Gasteiger partial charge >= 0.3 is 0 Å². The highest BCUT2D eigenvalue weighted by atomic mass is 16.2. The molecular weight excluding hydrogens is 368 g/mol. The molecule has 0 bridgehead atoms. The number of hydrogen-bond donors (Lipinski definition) is 0. The van der Waals surface area contributed by atoms with Crippen molar-refractivity contribution in [1.29, 1.82) is 0 Å². The zero-order chi connectivity index (χ0) is 22.6. The Morgan fingerprint density at radius 3 is 1.83 bits per heavy atom. The number of carbonyl (C=O) groups excluding carboxylic acids is 1. The van der Waals surface area contributed by atoms with Crippen molar-refractivity contribution in [3.8, 4) is 0 Å². The summed E-state index contributed by atoms with van der Waals surface area (Å²) in [5.74, 6) is 1.01. The summed E-state index contributed by atoms with van der Waals surface area (Å²) in [4.78, 5) is 17.8. The van der Waals surface area contributed by atoms with Crippen LogP contribution in [-0.4, -0.2) is 48.9 Å². The third-order valence-corrected chi connectivity index (χ3v) is 6.46. The van der Waals surface area contributed by atoms with E-state index in [9.17, 15) is 4.79 Å². The van der Waals surface area contributed by atoms with Crippen molar-refractivity contribution < 1.29 is 4.79 Å². The van der Waals surface area contributed by atoms with E-state index in [0.29, 0.717) is 17.9 Å². The smallest absolute Gasteiger partial charge is 0.223 e. The largest absolute Gasteiger partial charge is 0.340 e. The molecule has 0 saturated carbocycles. The summed E-state index contributed by atoms with van der Waals surface area (Å²) in [6.07, 6.45) is 19.7. The fourth-order valence-electron chi connectivity index (χ4n) is 4.48. The molecule has 0 aliphatic heterocycles. The maximum Gasteiger partial charge on any atom is 0.223 e. The summed E-state index contributed by atoms with van der Waals surface area (Å²) in [6.45, 7) is 11.2. The summed E-state index contributed by atoms with van der Waals surface area (Å²) in [5.41, 5.74) is 0. The van der Waals surface area contributed by atoms with Gasteiger partial charge in [0.2, 0.25) is 5.91 Å². The summed E-state index contributed by atoms with van der Waals surface area (Å²) >= 11 is 0. The van der Waals surface area contributed by atoms with Crippen molar-refractivity contribution in [2.75, 3.05) is 27.2 Å². The quantitative estimate of drug-likeness (QED) is 0.176. The van der Waals surface area contributed by atoms with Gasteiger partial charge in [-0.3, -0.25) is 4.79 Å². The standard InChI is InChI=1S/C27H56N2O/c1-7-10-12-14-15-20-25(4)29(23-18-17-22-28(5)6)27(30)24-26(19-9-3)21-16-13-11-8-2/h25-26H,7-24H2,1-6H3/t25-,26-/m1/s1. The first-order valence-corrected chi connectivity index (χ1v) is 13.4. The van der Waals surface area contributed by atoms with Gasteiger partial charge in [-0.1, -0.05) is 91.4 Å². The second-order valence-electron chi connectivity index (χ2n) is 9.86. The Hall–Kier alpha value is -0.570. The van der Waals surface area contributed by atoms with E-state index in [1.165, 1.54) is 83.5 Å². The topological polar surface area (TPSA) is 23.6 Å². The molecule has 0 saturated heterocycles. The lowest BCUT2D eigenvalue weighted by molar-refractivity contribution is -0.134. The van der Waals surface area contributed by atoms with Crippen LogP contribution in [-0.2, 0) is 4.79 Å². The lowest BCUT2D eigenvalue weighted by atomic mass is 9.92. The second kappa shape index (κ2) is 20.3. The van der Waals surface area contributed by atoms with E-state index in [1.807, 2.05) is 0 Å². The van der Waals surface area contributed by atoms with E-state index < -0.39 is 0 Å². The van der Waals surface area contributed by atoms with Crippen molar-refractivity contribution >= 4 is 5.91 Å². The van der Waals surface area contributed by atoms with Gasteiger partial charge < -0.3 is 9.80 Å². The first-order valence-electron chi connectivity index (χ1n) is 13.4. The number of hydrogen-bond acceptors (Lipinski definition) is 2. The predicted molar refractivity (Wildman–Crippen MR) is 134 cm³/mol. The third kappa shape index (κ3) is 16.2. The Morgan fingerprint density at radius 1 is 0.667 bits per heavy atom. The monoisotopic (exact) mass is 424 g/mol. The number of rotatable bonds is 21. The van der Waals surface area contributed by atoms with E-state index in [2.05, 4.69) is 51.6 Å². The van der Waals surface area contributed by atoms with Crippen LogP contribution in [0.5, 0.6) is 0 Å². The van der Waals surface area contributed by atoms with Crippen LogP contribution >= 0.6 is 0 Å². The molecule has 180 valence electrons. The molecule has 0 aromatic heterocycles. The molecule has 2 atom stereocenters. The van der Waals surface area contributed by atoms with Crippen molar-refractivity contribution in [2.45, 2.75) is 136 Å². The fourth-order valence-corrected chi connectivity index (χ4v) is 4.48. The number of nitrogens with zero attached hydrogens (tertiary/aromatic N) is 2. The maximum atomic E-state index is 13.3. The molecule has 0 fully saturated rings. The van der Waals surface area contributed by atoms with Gasteiger partial charge in [0.15, 0.2) is 0 Å². The molecule has 3 nitrogen and oxygen atoms in total. The molecule has 0 rings (SSSR count). The summed E-state index contributed by atoms with van der Waals surface area (Å²) in [6, 6.07) is 0.390. The van der Waals surface area contributed by atoms with Gasteiger partial charge in [-0.05, 0) is 59.2 Å². The minimum Gasteiger partial charge on any atom is -0.340 e. The van der Waals surface area contributed by atoms with Crippen LogP contribution in [0, 0.1) is 5.92 Å². The summed E-state index contributed by atoms with van der Waals surface area (Å²) in [7, 11) is 4.27. The lowest BCUT2D eigenvalue weighted by Crippen LogP contribution is -2.40. The van der Waals surface area contributed by atoms with E-state index in [4.69, 9.17) is 0 Å². The van der Waals surface area contributed by atoms with Gasteiger partial charge in [0.05, 0.1) is 0 Å². The van der Waals surface area contributed by atoms with E-state index in [-0.39, 0.29) is 0 Å². The molecule has 0 N–H and O–H groups in total. The van der Waals surface area contributed by atoms with Gasteiger partial charge in [-0.25, -0.2) is 0 Å². The average Bonchev–Trinajstić information content (AvgIpc) is 2.70. The Kier molecular flexibility index (Phi) is 20.0. The maximum absolute atomic E-state index is 13.3. The van der Waals surface area contributed by atoms with Crippen molar-refractivity contribution in [3.05, 3.63) is 0 Å². The molecule has 0 aromatic carbocycles. The lowest BCUT2D eigenvalue weighted by Gasteiger charge is -2.31. The Bertz CT molecular complexity index is 383. The summed E-state index contributed by atoms with van der Waals surface area (Å²) in [5, 5.41) is 0. The van der Waals surface area contributed by atoms with Crippen molar-refractivity contribution in [1.82, 2.24) is 9.80 Å². The molecule has 1 amide bonds. The van der Waals surface area contributed by atoms with Crippen LogP contribution in [0.2, 0.25) is 0 Å². The molecular formula is C27H56N2O. The van der Waals surface area contributed by atoms with Crippen LogP contribution in [0.25, 0.3) is 0 Å². The molecule has 0 heterocycles. The molecule has 0 spiro atoms. The number of amides is 1. The van der Waals surface area contributed by atoms with Crippen LogP contribution in [0.1, 0.15) is 130 Å². The molecule has 0 aromatic rings. The number of unbranched alkanes of at least 4 members (excludes halogenated alkanes) is 8. The summed E-state index contributed by atoms with van der Waals surface area (Å²) < 4.78 is 0. The van der Waals surface area contributed by atoms with E-state index in [1.54, 1.807) is 0 Å². The van der Waals surface area contributed by atoms with Gasteiger partial charge in [0.25, 0.3) is 0 Å². The first kappa shape index (κ1) is 29.4. The second-order valence-corrected chi connectivity index (χ2v) is 9.86. The molecule has 0 aliphatic rings. The Morgan fingerprint density at radius 2 is 1.23 bits per heavy atom. The highest BCUT2D eigenvalue weighted by molar-refractivity contribution is 5.76. The minimum absolute atomic E-state index is 0.390. The SMILES string of the molecule is CCCCCCC[C@@H](C)N(CCCCN(C)C)C(=O)C[C@H](CCC)CCCCCC. The van der Waals surface area contributed by atoms with E-state index in [0.717, 1.165) is 32.4 Å².